The van der Waals surface area contributed by atoms with Gasteiger partial charge >= 0.3 is 0 Å². The molecule has 140 valence electrons. The number of anilines is 1. The first kappa shape index (κ1) is 18.4. The molecule has 0 saturated carbocycles. The summed E-state index contributed by atoms with van der Waals surface area (Å²) in [5, 5.41) is 4.95. The highest BCUT2D eigenvalue weighted by molar-refractivity contribution is 8.00. The van der Waals surface area contributed by atoms with Crippen molar-refractivity contribution in [3.8, 4) is 0 Å². The molecule has 6 heteroatoms. The van der Waals surface area contributed by atoms with Crippen LogP contribution < -0.4 is 5.32 Å². The molecule has 4 nitrogen and oxygen atoms in total. The zero-order valence-electron chi connectivity index (χ0n) is 15.8. The number of thioether (sulfide) groups is 1. The summed E-state index contributed by atoms with van der Waals surface area (Å²) < 4.78 is 0. The van der Waals surface area contributed by atoms with Gasteiger partial charge in [-0.1, -0.05) is 23.9 Å². The van der Waals surface area contributed by atoms with Gasteiger partial charge in [-0.15, -0.1) is 11.3 Å². The Morgan fingerprint density at radius 1 is 1.22 bits per heavy atom. The quantitative estimate of drug-likeness (QED) is 0.479. The van der Waals surface area contributed by atoms with Crippen LogP contribution in [-0.2, 0) is 17.6 Å². The van der Waals surface area contributed by atoms with Crippen molar-refractivity contribution in [2.75, 3.05) is 5.32 Å². The van der Waals surface area contributed by atoms with E-state index in [-0.39, 0.29) is 11.2 Å². The smallest absolute Gasteiger partial charge is 0.237 e. The number of hydrogen-bond donors (Lipinski definition) is 1. The van der Waals surface area contributed by atoms with Crippen LogP contribution in [0.15, 0.2) is 29.6 Å². The molecule has 2 heterocycles. The number of benzene rings is 1. The summed E-state index contributed by atoms with van der Waals surface area (Å²) in [5.41, 5.74) is 4.58. The summed E-state index contributed by atoms with van der Waals surface area (Å²) in [6, 6.07) is 5.98. The molecule has 0 unspecified atom stereocenters. The predicted molar refractivity (Wildman–Crippen MR) is 114 cm³/mol. The highest BCUT2D eigenvalue weighted by atomic mass is 32.2. The van der Waals surface area contributed by atoms with Gasteiger partial charge in [-0.2, -0.15) is 0 Å². The fraction of sp³-hybridized carbons (Fsp3) is 0.381. The van der Waals surface area contributed by atoms with Crippen LogP contribution in [0.25, 0.3) is 10.2 Å². The fourth-order valence-corrected chi connectivity index (χ4v) is 5.73. The Balaban J connectivity index is 1.57. The van der Waals surface area contributed by atoms with Crippen LogP contribution in [0.4, 0.5) is 5.69 Å². The Hall–Kier alpha value is -1.92. The maximum absolute atomic E-state index is 12.8. The van der Waals surface area contributed by atoms with E-state index in [0.29, 0.717) is 0 Å². The molecule has 3 aromatic rings. The van der Waals surface area contributed by atoms with E-state index in [4.69, 9.17) is 0 Å². The number of thiophene rings is 1. The average molecular weight is 398 g/mol. The molecular weight excluding hydrogens is 374 g/mol. The van der Waals surface area contributed by atoms with Crippen LogP contribution in [0, 0.1) is 13.8 Å². The van der Waals surface area contributed by atoms with E-state index >= 15 is 0 Å². The van der Waals surface area contributed by atoms with Crippen molar-refractivity contribution >= 4 is 44.9 Å². The fourth-order valence-electron chi connectivity index (χ4n) is 3.49. The summed E-state index contributed by atoms with van der Waals surface area (Å²) in [5.74, 6) is 0.00422. The van der Waals surface area contributed by atoms with Crippen LogP contribution in [0.2, 0.25) is 0 Å². The topological polar surface area (TPSA) is 54.9 Å². The number of carbonyl (C=O) groups excluding carboxylic acids is 1. The van der Waals surface area contributed by atoms with Gasteiger partial charge in [-0.05, 0) is 69.2 Å². The molecule has 1 aliphatic carbocycles. The molecule has 27 heavy (non-hydrogen) atoms. The van der Waals surface area contributed by atoms with E-state index in [1.54, 1.807) is 17.7 Å². The molecule has 0 radical (unpaired) electrons. The Morgan fingerprint density at radius 3 is 2.89 bits per heavy atom. The Labute approximate surface area is 167 Å². The number of fused-ring (bicyclic) bond motifs is 3. The van der Waals surface area contributed by atoms with Crippen molar-refractivity contribution in [2.45, 2.75) is 56.7 Å². The van der Waals surface area contributed by atoms with Crippen molar-refractivity contribution < 1.29 is 4.79 Å². The minimum absolute atomic E-state index is 0.00422. The van der Waals surface area contributed by atoms with Crippen LogP contribution in [0.5, 0.6) is 0 Å². The van der Waals surface area contributed by atoms with Crippen molar-refractivity contribution in [1.29, 1.82) is 0 Å². The molecule has 1 amide bonds. The first-order valence-electron chi connectivity index (χ1n) is 9.33. The van der Waals surface area contributed by atoms with Gasteiger partial charge in [-0.25, -0.2) is 9.97 Å². The molecule has 0 saturated heterocycles. The van der Waals surface area contributed by atoms with Crippen molar-refractivity contribution in [3.05, 3.63) is 46.1 Å². The van der Waals surface area contributed by atoms with Gasteiger partial charge in [0.15, 0.2) is 0 Å². The van der Waals surface area contributed by atoms with Gasteiger partial charge in [0.2, 0.25) is 5.91 Å². The SMILES string of the molecule is Cc1cccc(NC(=O)[C@@H](C)Sc2ncnc3sc4c(c23)CCCC4)c1C. The zero-order chi connectivity index (χ0) is 19.0. The van der Waals surface area contributed by atoms with Crippen molar-refractivity contribution in [1.82, 2.24) is 9.97 Å². The van der Waals surface area contributed by atoms with Gasteiger partial charge in [0.05, 0.1) is 5.25 Å². The lowest BCUT2D eigenvalue weighted by atomic mass is 9.97. The normalized spacial score (nSPS) is 14.8. The van der Waals surface area contributed by atoms with Gasteiger partial charge in [0.25, 0.3) is 0 Å². The first-order valence-corrected chi connectivity index (χ1v) is 11.0. The Kier molecular flexibility index (Phi) is 5.19. The lowest BCUT2D eigenvalue weighted by Crippen LogP contribution is -2.23. The molecular formula is C21H23N3OS2. The summed E-state index contributed by atoms with van der Waals surface area (Å²) in [6.07, 6.45) is 6.34. The van der Waals surface area contributed by atoms with Crippen LogP contribution >= 0.6 is 23.1 Å². The summed E-state index contributed by atoms with van der Waals surface area (Å²) in [4.78, 5) is 24.3. The van der Waals surface area contributed by atoms with Crippen molar-refractivity contribution in [3.63, 3.8) is 0 Å². The molecule has 0 bridgehead atoms. The monoisotopic (exact) mass is 397 g/mol. The first-order chi connectivity index (χ1) is 13.0. The number of rotatable bonds is 4. The highest BCUT2D eigenvalue weighted by Crippen LogP contribution is 2.40. The van der Waals surface area contributed by atoms with Crippen LogP contribution in [-0.4, -0.2) is 21.1 Å². The standard InChI is InChI=1S/C21H23N3OS2/c1-12-7-6-9-16(13(12)2)24-19(25)14(3)26-20-18-15-8-4-5-10-17(15)27-21(18)23-11-22-20/h6-7,9,11,14H,4-5,8,10H2,1-3H3,(H,24,25)/t14-/m1/s1. The molecule has 2 aromatic heterocycles. The third kappa shape index (κ3) is 3.60. The van der Waals surface area contributed by atoms with Gasteiger partial charge in [0.1, 0.15) is 16.2 Å². The van der Waals surface area contributed by atoms with Crippen molar-refractivity contribution in [2.24, 2.45) is 0 Å². The van der Waals surface area contributed by atoms with Gasteiger partial charge in [-0.3, -0.25) is 4.79 Å². The number of hydrogen-bond acceptors (Lipinski definition) is 5. The zero-order valence-corrected chi connectivity index (χ0v) is 17.5. The number of carbonyl (C=O) groups is 1. The largest absolute Gasteiger partial charge is 0.325 e. The molecule has 0 aliphatic heterocycles. The van der Waals surface area contributed by atoms with E-state index in [0.717, 1.165) is 33.9 Å². The van der Waals surface area contributed by atoms with E-state index in [1.165, 1.54) is 46.0 Å². The van der Waals surface area contributed by atoms with Gasteiger partial charge in [0, 0.05) is 16.0 Å². The Bertz CT molecular complexity index is 1010. The molecule has 0 spiro atoms. The van der Waals surface area contributed by atoms with E-state index in [1.807, 2.05) is 26.0 Å². The second-order valence-electron chi connectivity index (χ2n) is 7.07. The molecule has 4 rings (SSSR count). The molecule has 1 N–H and O–H groups in total. The maximum atomic E-state index is 12.8. The molecule has 0 fully saturated rings. The lowest BCUT2D eigenvalue weighted by molar-refractivity contribution is -0.115. The van der Waals surface area contributed by atoms with E-state index in [9.17, 15) is 4.79 Å². The summed E-state index contributed by atoms with van der Waals surface area (Å²) in [6.45, 7) is 6.03. The Morgan fingerprint density at radius 2 is 2.04 bits per heavy atom. The third-order valence-electron chi connectivity index (χ3n) is 5.24. The number of aromatic nitrogens is 2. The summed E-state index contributed by atoms with van der Waals surface area (Å²) in [7, 11) is 0. The van der Waals surface area contributed by atoms with E-state index < -0.39 is 0 Å². The molecule has 1 atom stereocenters. The average Bonchev–Trinajstić information content (AvgIpc) is 3.05. The number of amides is 1. The minimum Gasteiger partial charge on any atom is -0.325 e. The molecule has 1 aromatic carbocycles. The third-order valence-corrected chi connectivity index (χ3v) is 7.54. The minimum atomic E-state index is -0.234. The van der Waals surface area contributed by atoms with Gasteiger partial charge < -0.3 is 5.32 Å². The highest BCUT2D eigenvalue weighted by Gasteiger charge is 2.23. The van der Waals surface area contributed by atoms with E-state index in [2.05, 4.69) is 28.3 Å². The number of aryl methyl sites for hydroxylation is 3. The molecule has 1 aliphatic rings. The number of nitrogens with one attached hydrogen (secondary N) is 1. The second-order valence-corrected chi connectivity index (χ2v) is 9.48. The maximum Gasteiger partial charge on any atom is 0.237 e. The lowest BCUT2D eigenvalue weighted by Gasteiger charge is -2.15. The van der Waals surface area contributed by atoms with Crippen LogP contribution in [0.3, 0.4) is 0 Å². The predicted octanol–water partition coefficient (Wildman–Crippen LogP) is 5.31. The number of nitrogens with zero attached hydrogens (tertiary/aromatic N) is 2. The second kappa shape index (κ2) is 7.60. The summed E-state index contributed by atoms with van der Waals surface area (Å²) >= 11 is 3.32. The van der Waals surface area contributed by atoms with Crippen LogP contribution in [0.1, 0.15) is 41.3 Å².